The second kappa shape index (κ2) is 8.29. The number of hydrogen-bond acceptors (Lipinski definition) is 3. The van der Waals surface area contributed by atoms with Crippen molar-refractivity contribution in [3.63, 3.8) is 0 Å². The number of ether oxygens (including phenoxy) is 1. The average molecular weight is 200 g/mol. The highest BCUT2D eigenvalue weighted by Crippen LogP contribution is 1.99. The molecule has 80 valence electrons. The first kappa shape index (κ1) is 12.7. The fourth-order valence-corrected chi connectivity index (χ4v) is 0.869. The molecule has 0 aliphatic heterocycles. The van der Waals surface area contributed by atoms with Crippen LogP contribution in [0.1, 0.15) is 39.0 Å². The molecule has 0 amide bonds. The minimum Gasteiger partial charge on any atom is -0.481 e. The van der Waals surface area contributed by atoms with Gasteiger partial charge in [-0.25, -0.2) is 0 Å². The molecule has 0 spiro atoms. The molecule has 0 fully saturated rings. The highest BCUT2D eigenvalue weighted by Gasteiger charge is 2.06. The number of carbonyl (C=O) groups excluding carboxylic acids is 1. The predicted octanol–water partition coefficient (Wildman–Crippen LogP) is 2.10. The number of carbonyl (C=O) groups is 2. The molecule has 0 aliphatic rings. The number of carboxylic acids is 1. The topological polar surface area (TPSA) is 63.6 Å². The summed E-state index contributed by atoms with van der Waals surface area (Å²) in [6.07, 6.45) is 6.62. The number of esters is 1. The number of allylic oxidation sites excluding steroid dienone is 1. The van der Waals surface area contributed by atoms with Gasteiger partial charge >= 0.3 is 11.9 Å². The van der Waals surface area contributed by atoms with Crippen LogP contribution in [0.25, 0.3) is 0 Å². The Bertz CT molecular complexity index is 208. The van der Waals surface area contributed by atoms with Crippen LogP contribution in [0.4, 0.5) is 0 Å². The third-order valence-corrected chi connectivity index (χ3v) is 1.57. The Hall–Kier alpha value is -1.32. The van der Waals surface area contributed by atoms with Gasteiger partial charge in [-0.05, 0) is 18.9 Å². The number of unbranched alkanes of at least 4 members (excludes halogenated alkanes) is 3. The zero-order chi connectivity index (χ0) is 10.8. The van der Waals surface area contributed by atoms with E-state index in [1.807, 2.05) is 0 Å². The summed E-state index contributed by atoms with van der Waals surface area (Å²) in [7, 11) is 0. The summed E-state index contributed by atoms with van der Waals surface area (Å²) in [5, 5.41) is 8.23. The maximum absolute atomic E-state index is 10.7. The van der Waals surface area contributed by atoms with Gasteiger partial charge in [0.25, 0.3) is 0 Å². The Morgan fingerprint density at radius 3 is 2.64 bits per heavy atom. The monoisotopic (exact) mass is 200 g/mol. The number of aliphatic carboxylic acids is 1. The summed E-state index contributed by atoms with van der Waals surface area (Å²) in [5.74, 6) is -1.90. The predicted molar refractivity (Wildman–Crippen MR) is 51.6 cm³/mol. The minimum atomic E-state index is -1.17. The van der Waals surface area contributed by atoms with Crippen molar-refractivity contribution in [2.45, 2.75) is 39.0 Å². The SMILES string of the molecule is CCCCCC=COC(=O)CC(=O)O. The molecule has 0 aliphatic carbocycles. The van der Waals surface area contributed by atoms with Crippen molar-refractivity contribution in [2.24, 2.45) is 0 Å². The van der Waals surface area contributed by atoms with E-state index in [9.17, 15) is 9.59 Å². The van der Waals surface area contributed by atoms with E-state index in [2.05, 4.69) is 11.7 Å². The lowest BCUT2D eigenvalue weighted by Gasteiger charge is -1.95. The van der Waals surface area contributed by atoms with Crippen LogP contribution in [0, 0.1) is 0 Å². The van der Waals surface area contributed by atoms with Crippen molar-refractivity contribution < 1.29 is 19.4 Å². The van der Waals surface area contributed by atoms with E-state index in [0.29, 0.717) is 0 Å². The quantitative estimate of drug-likeness (QED) is 0.296. The third-order valence-electron chi connectivity index (χ3n) is 1.57. The number of rotatable bonds is 7. The Balaban J connectivity index is 3.41. The van der Waals surface area contributed by atoms with Crippen LogP contribution in [0.5, 0.6) is 0 Å². The molecular weight excluding hydrogens is 184 g/mol. The van der Waals surface area contributed by atoms with E-state index >= 15 is 0 Å². The standard InChI is InChI=1S/C10H16O4/c1-2-3-4-5-6-7-14-10(13)8-9(11)12/h6-7H,2-5,8H2,1H3,(H,11,12). The summed E-state index contributed by atoms with van der Waals surface area (Å²) >= 11 is 0. The molecular formula is C10H16O4. The molecule has 1 N–H and O–H groups in total. The van der Waals surface area contributed by atoms with Crippen LogP contribution < -0.4 is 0 Å². The first-order valence-electron chi connectivity index (χ1n) is 4.73. The van der Waals surface area contributed by atoms with Crippen LogP contribution >= 0.6 is 0 Å². The molecule has 0 heterocycles. The van der Waals surface area contributed by atoms with Gasteiger partial charge in [0, 0.05) is 0 Å². The van der Waals surface area contributed by atoms with Crippen LogP contribution in [0.3, 0.4) is 0 Å². The molecule has 14 heavy (non-hydrogen) atoms. The molecule has 0 saturated carbocycles. The Kier molecular flexibility index (Phi) is 7.50. The van der Waals surface area contributed by atoms with Gasteiger partial charge in [0.15, 0.2) is 0 Å². The fraction of sp³-hybridized carbons (Fsp3) is 0.600. The second-order valence-corrected chi connectivity index (χ2v) is 2.93. The number of hydrogen-bond donors (Lipinski definition) is 1. The lowest BCUT2D eigenvalue weighted by Crippen LogP contribution is -2.07. The van der Waals surface area contributed by atoms with E-state index in [1.165, 1.54) is 6.26 Å². The van der Waals surface area contributed by atoms with Crippen LogP contribution in [-0.2, 0) is 14.3 Å². The Labute approximate surface area is 83.6 Å². The van der Waals surface area contributed by atoms with Crippen molar-refractivity contribution in [3.05, 3.63) is 12.3 Å². The molecule has 0 aromatic carbocycles. The van der Waals surface area contributed by atoms with E-state index in [1.54, 1.807) is 6.08 Å². The van der Waals surface area contributed by atoms with E-state index < -0.39 is 18.4 Å². The van der Waals surface area contributed by atoms with Gasteiger partial charge in [-0.3, -0.25) is 9.59 Å². The van der Waals surface area contributed by atoms with Gasteiger partial charge in [0.2, 0.25) is 0 Å². The van der Waals surface area contributed by atoms with Gasteiger partial charge in [-0.1, -0.05) is 19.8 Å². The Morgan fingerprint density at radius 1 is 1.36 bits per heavy atom. The average Bonchev–Trinajstić information content (AvgIpc) is 2.10. The molecule has 4 nitrogen and oxygen atoms in total. The molecule has 0 unspecified atom stereocenters. The van der Waals surface area contributed by atoms with Crippen LogP contribution in [-0.4, -0.2) is 17.0 Å². The fourth-order valence-electron chi connectivity index (χ4n) is 0.869. The normalized spacial score (nSPS) is 10.4. The largest absolute Gasteiger partial charge is 0.481 e. The van der Waals surface area contributed by atoms with E-state index in [-0.39, 0.29) is 0 Å². The van der Waals surface area contributed by atoms with E-state index in [0.717, 1.165) is 25.7 Å². The second-order valence-electron chi connectivity index (χ2n) is 2.93. The van der Waals surface area contributed by atoms with Crippen LogP contribution in [0.2, 0.25) is 0 Å². The summed E-state index contributed by atoms with van der Waals surface area (Å²) < 4.78 is 4.53. The zero-order valence-electron chi connectivity index (χ0n) is 8.36. The lowest BCUT2D eigenvalue weighted by molar-refractivity contribution is -0.147. The highest BCUT2D eigenvalue weighted by molar-refractivity contribution is 5.90. The summed E-state index contributed by atoms with van der Waals surface area (Å²) in [6, 6.07) is 0. The molecule has 0 radical (unpaired) electrons. The molecule has 0 aromatic rings. The van der Waals surface area contributed by atoms with Gasteiger partial charge in [0.05, 0.1) is 6.26 Å². The maximum Gasteiger partial charge on any atom is 0.321 e. The van der Waals surface area contributed by atoms with Gasteiger partial charge < -0.3 is 9.84 Å². The third kappa shape index (κ3) is 8.77. The molecule has 4 heteroatoms. The molecule has 0 atom stereocenters. The summed E-state index contributed by atoms with van der Waals surface area (Å²) in [6.45, 7) is 2.11. The smallest absolute Gasteiger partial charge is 0.321 e. The Morgan fingerprint density at radius 2 is 2.07 bits per heavy atom. The van der Waals surface area contributed by atoms with E-state index in [4.69, 9.17) is 5.11 Å². The molecule has 0 rings (SSSR count). The van der Waals surface area contributed by atoms with Crippen molar-refractivity contribution in [2.75, 3.05) is 0 Å². The highest BCUT2D eigenvalue weighted by atomic mass is 16.5. The summed E-state index contributed by atoms with van der Waals surface area (Å²) in [4.78, 5) is 20.7. The first-order valence-corrected chi connectivity index (χ1v) is 4.73. The molecule has 0 aromatic heterocycles. The van der Waals surface area contributed by atoms with Gasteiger partial charge in [0.1, 0.15) is 6.42 Å². The van der Waals surface area contributed by atoms with Crippen molar-refractivity contribution >= 4 is 11.9 Å². The zero-order valence-corrected chi connectivity index (χ0v) is 8.36. The van der Waals surface area contributed by atoms with Crippen LogP contribution in [0.15, 0.2) is 12.3 Å². The number of carboxylic acid groups (broad SMARTS) is 1. The summed E-state index contributed by atoms with van der Waals surface area (Å²) in [5.41, 5.74) is 0. The molecule has 0 saturated heterocycles. The maximum atomic E-state index is 10.7. The van der Waals surface area contributed by atoms with Crippen molar-refractivity contribution in [1.82, 2.24) is 0 Å². The van der Waals surface area contributed by atoms with Gasteiger partial charge in [-0.2, -0.15) is 0 Å². The lowest BCUT2D eigenvalue weighted by atomic mass is 10.2. The van der Waals surface area contributed by atoms with Crippen molar-refractivity contribution in [3.8, 4) is 0 Å². The van der Waals surface area contributed by atoms with Gasteiger partial charge in [-0.15, -0.1) is 0 Å². The minimum absolute atomic E-state index is 0.584. The first-order chi connectivity index (χ1) is 6.66. The van der Waals surface area contributed by atoms with Crippen molar-refractivity contribution in [1.29, 1.82) is 0 Å². The molecule has 0 bridgehead atoms.